The molecule has 7 heteroatoms. The van der Waals surface area contributed by atoms with Gasteiger partial charge in [-0.15, -0.1) is 0 Å². The van der Waals surface area contributed by atoms with E-state index in [1.165, 1.54) is 10.5 Å². The van der Waals surface area contributed by atoms with Crippen molar-refractivity contribution >= 4 is 17.8 Å². The minimum absolute atomic E-state index is 0.0226. The number of carbonyl (C=O) groups is 3. The Bertz CT molecular complexity index is 911. The average Bonchev–Trinajstić information content (AvgIpc) is 3.05. The van der Waals surface area contributed by atoms with Crippen molar-refractivity contribution in [2.75, 3.05) is 40.3 Å². The number of hydrogen-bond acceptors (Lipinski definition) is 4. The second-order valence-corrected chi connectivity index (χ2v) is 12.0. The van der Waals surface area contributed by atoms with Crippen LogP contribution in [-0.4, -0.2) is 78.4 Å². The maximum Gasteiger partial charge on any atom is 0.325 e. The lowest BCUT2D eigenvalue weighted by atomic mass is 9.73. The van der Waals surface area contributed by atoms with Gasteiger partial charge in [-0.25, -0.2) is 4.79 Å². The van der Waals surface area contributed by atoms with Crippen molar-refractivity contribution in [2.24, 2.45) is 11.8 Å². The van der Waals surface area contributed by atoms with Crippen LogP contribution >= 0.6 is 0 Å². The zero-order valence-electron chi connectivity index (χ0n) is 22.7. The molecule has 0 aromatic heterocycles. The summed E-state index contributed by atoms with van der Waals surface area (Å²) < 4.78 is 0. The van der Waals surface area contributed by atoms with Crippen LogP contribution in [0.3, 0.4) is 0 Å². The number of urea groups is 1. The minimum Gasteiger partial charge on any atom is -0.339 e. The first-order valence-electron chi connectivity index (χ1n) is 13.0. The first-order valence-corrected chi connectivity index (χ1v) is 13.0. The van der Waals surface area contributed by atoms with Gasteiger partial charge in [0.1, 0.15) is 5.54 Å². The van der Waals surface area contributed by atoms with Gasteiger partial charge in [0, 0.05) is 31.7 Å². The van der Waals surface area contributed by atoms with E-state index >= 15 is 0 Å². The Morgan fingerprint density at radius 3 is 2.23 bits per heavy atom. The summed E-state index contributed by atoms with van der Waals surface area (Å²) in [4.78, 5) is 45.0. The molecule has 35 heavy (non-hydrogen) atoms. The molecular weight excluding hydrogens is 440 g/mol. The molecule has 0 bridgehead atoms. The SMILES string of the molecule is CC(C)CC[C@]1(C2CCN(C(=O)c3ccc(C(C)(C)C)cc3)CC2)NC(=O)N(CCN(C)C)C1=O. The number of carbonyl (C=O) groups excluding carboxylic acids is 3. The molecule has 2 saturated heterocycles. The van der Waals surface area contributed by atoms with Crippen molar-refractivity contribution in [2.45, 2.75) is 71.3 Å². The lowest BCUT2D eigenvalue weighted by Crippen LogP contribution is -2.56. The van der Waals surface area contributed by atoms with Crippen molar-refractivity contribution in [3.8, 4) is 0 Å². The van der Waals surface area contributed by atoms with Gasteiger partial charge in [-0.1, -0.05) is 46.8 Å². The number of nitrogens with zero attached hydrogens (tertiary/aromatic N) is 3. The lowest BCUT2D eigenvalue weighted by Gasteiger charge is -2.41. The molecule has 194 valence electrons. The molecule has 7 nitrogen and oxygen atoms in total. The van der Waals surface area contributed by atoms with Gasteiger partial charge in [0.05, 0.1) is 0 Å². The fourth-order valence-electron chi connectivity index (χ4n) is 5.19. The second kappa shape index (κ2) is 10.7. The summed E-state index contributed by atoms with van der Waals surface area (Å²) in [6, 6.07) is 7.63. The number of hydrogen-bond donors (Lipinski definition) is 1. The summed E-state index contributed by atoms with van der Waals surface area (Å²) in [5.41, 5.74) is 1.08. The third kappa shape index (κ3) is 6.05. The van der Waals surface area contributed by atoms with Crippen LogP contribution in [0.4, 0.5) is 4.79 Å². The molecule has 0 unspecified atom stereocenters. The summed E-state index contributed by atoms with van der Waals surface area (Å²) in [5.74, 6) is 0.404. The standard InChI is InChI=1S/C28H44N4O3/c1-20(2)12-15-28(25(34)32(26(35)29-28)19-18-30(6)7)23-13-16-31(17-14-23)24(33)21-8-10-22(11-9-21)27(3,4)5/h8-11,20,23H,12-19H2,1-7H3,(H,29,35)/t28-/m1/s1. The molecule has 2 fully saturated rings. The highest BCUT2D eigenvalue weighted by Gasteiger charge is 2.55. The third-order valence-corrected chi connectivity index (χ3v) is 7.57. The molecular formula is C28H44N4O3. The number of likely N-dealkylation sites (tertiary alicyclic amines) is 1. The van der Waals surface area contributed by atoms with E-state index in [0.29, 0.717) is 56.9 Å². The van der Waals surface area contributed by atoms with Crippen LogP contribution in [0.5, 0.6) is 0 Å². The van der Waals surface area contributed by atoms with E-state index in [1.54, 1.807) is 0 Å². The van der Waals surface area contributed by atoms with Gasteiger partial charge in [-0.2, -0.15) is 0 Å². The Kier molecular flexibility index (Phi) is 8.30. The predicted octanol–water partition coefficient (Wildman–Crippen LogP) is 4.12. The fraction of sp³-hybridized carbons (Fsp3) is 0.679. The Morgan fingerprint density at radius 1 is 1.11 bits per heavy atom. The van der Waals surface area contributed by atoms with Crippen LogP contribution in [0, 0.1) is 11.8 Å². The largest absolute Gasteiger partial charge is 0.339 e. The molecule has 0 saturated carbocycles. The number of benzene rings is 1. The molecule has 3 rings (SSSR count). The van der Waals surface area contributed by atoms with E-state index in [0.717, 1.165) is 6.42 Å². The zero-order valence-corrected chi connectivity index (χ0v) is 22.7. The summed E-state index contributed by atoms with van der Waals surface area (Å²) in [5, 5.41) is 3.13. The normalized spacial score (nSPS) is 21.9. The van der Waals surface area contributed by atoms with Crippen LogP contribution in [0.25, 0.3) is 0 Å². The molecule has 2 heterocycles. The van der Waals surface area contributed by atoms with Gasteiger partial charge < -0.3 is 15.1 Å². The van der Waals surface area contributed by atoms with Crippen molar-refractivity contribution in [1.82, 2.24) is 20.0 Å². The van der Waals surface area contributed by atoms with E-state index in [4.69, 9.17) is 0 Å². The molecule has 1 N–H and O–H groups in total. The van der Waals surface area contributed by atoms with Crippen LogP contribution < -0.4 is 5.32 Å². The van der Waals surface area contributed by atoms with Gasteiger partial charge in [0.2, 0.25) is 0 Å². The highest BCUT2D eigenvalue weighted by atomic mass is 16.2. The van der Waals surface area contributed by atoms with Crippen LogP contribution in [-0.2, 0) is 10.2 Å². The van der Waals surface area contributed by atoms with E-state index in [2.05, 4.69) is 39.9 Å². The van der Waals surface area contributed by atoms with Gasteiger partial charge in [-0.05, 0) is 74.7 Å². The molecule has 2 aliphatic heterocycles. The van der Waals surface area contributed by atoms with Crippen LogP contribution in [0.2, 0.25) is 0 Å². The number of amides is 4. The number of nitrogens with one attached hydrogen (secondary N) is 1. The minimum atomic E-state index is -0.864. The Morgan fingerprint density at radius 2 is 1.71 bits per heavy atom. The molecule has 1 atom stereocenters. The van der Waals surface area contributed by atoms with Crippen LogP contribution in [0.15, 0.2) is 24.3 Å². The highest BCUT2D eigenvalue weighted by Crippen LogP contribution is 2.38. The summed E-state index contributed by atoms with van der Waals surface area (Å²) in [6.07, 6.45) is 2.92. The maximum absolute atomic E-state index is 13.7. The lowest BCUT2D eigenvalue weighted by molar-refractivity contribution is -0.134. The van der Waals surface area contributed by atoms with E-state index in [9.17, 15) is 14.4 Å². The molecule has 2 aliphatic rings. The summed E-state index contributed by atoms with van der Waals surface area (Å²) in [6.45, 7) is 13.0. The van der Waals surface area contributed by atoms with Gasteiger partial charge in [0.15, 0.2) is 0 Å². The number of piperidine rings is 1. The molecule has 1 aromatic rings. The summed E-state index contributed by atoms with van der Waals surface area (Å²) in [7, 11) is 3.88. The topological polar surface area (TPSA) is 73.0 Å². The monoisotopic (exact) mass is 484 g/mol. The number of rotatable bonds is 8. The van der Waals surface area contributed by atoms with Crippen molar-refractivity contribution in [1.29, 1.82) is 0 Å². The van der Waals surface area contributed by atoms with E-state index in [-0.39, 0.29) is 29.2 Å². The maximum atomic E-state index is 13.7. The molecule has 4 amide bonds. The molecule has 0 radical (unpaired) electrons. The van der Waals surface area contributed by atoms with E-state index in [1.807, 2.05) is 48.2 Å². The number of likely N-dealkylation sites (N-methyl/N-ethyl adjacent to an activating group) is 1. The Hall–Kier alpha value is -2.41. The Labute approximate surface area is 211 Å². The second-order valence-electron chi connectivity index (χ2n) is 12.0. The van der Waals surface area contributed by atoms with E-state index < -0.39 is 5.54 Å². The smallest absolute Gasteiger partial charge is 0.325 e. The molecule has 0 spiro atoms. The fourth-order valence-corrected chi connectivity index (χ4v) is 5.19. The molecule has 1 aromatic carbocycles. The number of imide groups is 1. The highest BCUT2D eigenvalue weighted by molar-refractivity contribution is 6.07. The molecule has 0 aliphatic carbocycles. The first-order chi connectivity index (χ1) is 16.3. The van der Waals surface area contributed by atoms with Gasteiger partial charge >= 0.3 is 6.03 Å². The van der Waals surface area contributed by atoms with Crippen molar-refractivity contribution in [3.05, 3.63) is 35.4 Å². The van der Waals surface area contributed by atoms with Crippen molar-refractivity contribution < 1.29 is 14.4 Å². The predicted molar refractivity (Wildman–Crippen MR) is 139 cm³/mol. The first kappa shape index (κ1) is 27.2. The van der Waals surface area contributed by atoms with Crippen LogP contribution in [0.1, 0.15) is 76.2 Å². The quantitative estimate of drug-likeness (QED) is 0.563. The van der Waals surface area contributed by atoms with Crippen molar-refractivity contribution in [3.63, 3.8) is 0 Å². The van der Waals surface area contributed by atoms with Gasteiger partial charge in [-0.3, -0.25) is 14.5 Å². The average molecular weight is 485 g/mol. The zero-order chi connectivity index (χ0) is 26.0. The summed E-state index contributed by atoms with van der Waals surface area (Å²) >= 11 is 0. The Balaban J connectivity index is 1.72. The third-order valence-electron chi connectivity index (χ3n) is 7.57. The van der Waals surface area contributed by atoms with Gasteiger partial charge in [0.25, 0.3) is 11.8 Å².